The molecule has 0 unspecified atom stereocenters. The van der Waals surface area contributed by atoms with E-state index in [-0.39, 0.29) is 24.4 Å². The van der Waals surface area contributed by atoms with Gasteiger partial charge in [0.05, 0.1) is 6.10 Å². The van der Waals surface area contributed by atoms with Crippen LogP contribution in [0, 0.1) is 12.8 Å². The van der Waals surface area contributed by atoms with Gasteiger partial charge in [-0.3, -0.25) is 0 Å². The Bertz CT molecular complexity index is 646. The first-order valence-electron chi connectivity index (χ1n) is 8.17. The second-order valence-corrected chi connectivity index (χ2v) is 7.29. The minimum Gasteiger partial charge on any atom is -0.364 e. The molecule has 2 fully saturated rings. The Kier molecular flexibility index (Phi) is 3.06. The number of fused-ring (bicyclic) bond motifs is 5. The molecule has 1 aromatic rings. The van der Waals surface area contributed by atoms with E-state index in [1.165, 1.54) is 22.3 Å². The van der Waals surface area contributed by atoms with Crippen LogP contribution in [-0.2, 0) is 14.2 Å². The molecule has 4 rings (SSSR count). The van der Waals surface area contributed by atoms with Crippen molar-refractivity contribution >= 4 is 5.57 Å². The van der Waals surface area contributed by atoms with E-state index in [4.69, 9.17) is 14.2 Å². The third-order valence-corrected chi connectivity index (χ3v) is 5.32. The summed E-state index contributed by atoms with van der Waals surface area (Å²) in [6.45, 7) is 10.6. The zero-order valence-corrected chi connectivity index (χ0v) is 13.9. The van der Waals surface area contributed by atoms with Crippen LogP contribution < -0.4 is 0 Å². The summed E-state index contributed by atoms with van der Waals surface area (Å²) in [5, 5.41) is 0. The van der Waals surface area contributed by atoms with Crippen LogP contribution in [0.25, 0.3) is 5.57 Å². The number of hydrogen-bond acceptors (Lipinski definition) is 3. The quantitative estimate of drug-likeness (QED) is 0.791. The van der Waals surface area contributed by atoms with E-state index in [9.17, 15) is 0 Å². The molecule has 118 valence electrons. The minimum absolute atomic E-state index is 0.0163. The molecule has 3 nitrogen and oxygen atoms in total. The second kappa shape index (κ2) is 4.67. The Morgan fingerprint density at radius 1 is 0.955 bits per heavy atom. The molecule has 3 heteroatoms. The second-order valence-electron chi connectivity index (χ2n) is 7.29. The van der Waals surface area contributed by atoms with Gasteiger partial charge < -0.3 is 14.2 Å². The van der Waals surface area contributed by atoms with Crippen molar-refractivity contribution in [1.29, 1.82) is 0 Å². The monoisotopic (exact) mass is 300 g/mol. The van der Waals surface area contributed by atoms with E-state index in [0.29, 0.717) is 5.92 Å². The highest BCUT2D eigenvalue weighted by atomic mass is 16.8. The van der Waals surface area contributed by atoms with Crippen LogP contribution in [0.3, 0.4) is 0 Å². The van der Waals surface area contributed by atoms with Crippen molar-refractivity contribution in [3.05, 3.63) is 41.0 Å². The van der Waals surface area contributed by atoms with Crippen LogP contribution >= 0.6 is 0 Å². The molecule has 0 amide bonds. The molecule has 0 saturated carbocycles. The van der Waals surface area contributed by atoms with Gasteiger partial charge >= 0.3 is 0 Å². The van der Waals surface area contributed by atoms with Crippen LogP contribution in [-0.4, -0.2) is 30.2 Å². The molecular weight excluding hydrogens is 276 g/mol. The highest BCUT2D eigenvalue weighted by Crippen LogP contribution is 2.50. The Labute approximate surface area is 132 Å². The lowest BCUT2D eigenvalue weighted by molar-refractivity contribution is -0.187. The van der Waals surface area contributed by atoms with Gasteiger partial charge in [0.25, 0.3) is 0 Å². The van der Waals surface area contributed by atoms with Crippen molar-refractivity contribution in [3.63, 3.8) is 0 Å². The first kappa shape index (κ1) is 14.4. The van der Waals surface area contributed by atoms with Crippen molar-refractivity contribution in [2.75, 3.05) is 0 Å². The molecule has 0 aliphatic carbocycles. The van der Waals surface area contributed by atoms with E-state index >= 15 is 0 Å². The van der Waals surface area contributed by atoms with Gasteiger partial charge in [-0.1, -0.05) is 31.2 Å². The summed E-state index contributed by atoms with van der Waals surface area (Å²) >= 11 is 0. The molecular formula is C19H24O3. The molecule has 22 heavy (non-hydrogen) atoms. The largest absolute Gasteiger partial charge is 0.364 e. The van der Waals surface area contributed by atoms with E-state index in [1.807, 2.05) is 13.8 Å². The first-order chi connectivity index (χ1) is 10.4. The van der Waals surface area contributed by atoms with E-state index < -0.39 is 5.79 Å². The van der Waals surface area contributed by atoms with Crippen molar-refractivity contribution in [1.82, 2.24) is 0 Å². The molecule has 1 aromatic carbocycles. The summed E-state index contributed by atoms with van der Waals surface area (Å²) in [7, 11) is 0. The third-order valence-electron chi connectivity index (χ3n) is 5.32. The maximum Gasteiger partial charge on any atom is 0.164 e. The van der Waals surface area contributed by atoms with Gasteiger partial charge in [0, 0.05) is 5.92 Å². The maximum atomic E-state index is 6.27. The van der Waals surface area contributed by atoms with Crippen molar-refractivity contribution in [3.8, 4) is 0 Å². The molecule has 2 saturated heterocycles. The van der Waals surface area contributed by atoms with Gasteiger partial charge in [-0.05, 0) is 50.0 Å². The third kappa shape index (κ3) is 1.92. The predicted octanol–water partition coefficient (Wildman–Crippen LogP) is 3.71. The lowest BCUT2D eigenvalue weighted by Gasteiger charge is -2.35. The topological polar surface area (TPSA) is 27.7 Å². The van der Waals surface area contributed by atoms with Gasteiger partial charge in [0.1, 0.15) is 18.3 Å². The van der Waals surface area contributed by atoms with Gasteiger partial charge in [-0.2, -0.15) is 0 Å². The number of hydrogen-bond donors (Lipinski definition) is 0. The van der Waals surface area contributed by atoms with E-state index in [2.05, 4.69) is 45.0 Å². The van der Waals surface area contributed by atoms with Gasteiger partial charge in [-0.15, -0.1) is 0 Å². The summed E-state index contributed by atoms with van der Waals surface area (Å²) in [6, 6.07) is 8.61. The predicted molar refractivity (Wildman–Crippen MR) is 85.4 cm³/mol. The Morgan fingerprint density at radius 3 is 2.36 bits per heavy atom. The zero-order valence-electron chi connectivity index (χ0n) is 13.9. The average Bonchev–Trinajstić information content (AvgIpc) is 2.91. The lowest BCUT2D eigenvalue weighted by Crippen LogP contribution is -2.36. The average molecular weight is 300 g/mol. The molecule has 0 radical (unpaired) electrons. The van der Waals surface area contributed by atoms with E-state index in [1.54, 1.807) is 0 Å². The Balaban J connectivity index is 1.80. The van der Waals surface area contributed by atoms with Gasteiger partial charge in [0.15, 0.2) is 5.79 Å². The Hall–Kier alpha value is -1.16. The van der Waals surface area contributed by atoms with E-state index in [0.717, 1.165) is 0 Å². The smallest absolute Gasteiger partial charge is 0.164 e. The van der Waals surface area contributed by atoms with Crippen LogP contribution in [0.4, 0.5) is 0 Å². The molecule has 0 aromatic heterocycles. The number of ether oxygens (including phenoxy) is 3. The molecule has 3 aliphatic heterocycles. The van der Waals surface area contributed by atoms with Crippen LogP contribution in [0.15, 0.2) is 29.8 Å². The van der Waals surface area contributed by atoms with Gasteiger partial charge in [-0.25, -0.2) is 0 Å². The van der Waals surface area contributed by atoms with Crippen molar-refractivity contribution < 1.29 is 14.2 Å². The summed E-state index contributed by atoms with van der Waals surface area (Å²) < 4.78 is 18.6. The van der Waals surface area contributed by atoms with Crippen LogP contribution in [0.2, 0.25) is 0 Å². The summed E-state index contributed by atoms with van der Waals surface area (Å²) in [6.07, 6.45) is 0.146. The Morgan fingerprint density at radius 2 is 1.64 bits per heavy atom. The molecule has 3 heterocycles. The van der Waals surface area contributed by atoms with Crippen LogP contribution in [0.5, 0.6) is 0 Å². The number of aryl methyl sites for hydroxylation is 1. The highest BCUT2D eigenvalue weighted by molar-refractivity contribution is 5.74. The van der Waals surface area contributed by atoms with Crippen molar-refractivity contribution in [2.45, 2.75) is 64.8 Å². The fourth-order valence-electron chi connectivity index (χ4n) is 4.39. The summed E-state index contributed by atoms with van der Waals surface area (Å²) in [5.41, 5.74) is 5.37. The minimum atomic E-state index is -0.504. The summed E-state index contributed by atoms with van der Waals surface area (Å²) in [5.74, 6) is -0.194. The van der Waals surface area contributed by atoms with Crippen molar-refractivity contribution in [2.24, 2.45) is 5.92 Å². The summed E-state index contributed by atoms with van der Waals surface area (Å²) in [4.78, 5) is 0. The molecule has 5 atom stereocenters. The molecule has 2 bridgehead atoms. The highest BCUT2D eigenvalue weighted by Gasteiger charge is 2.59. The maximum absolute atomic E-state index is 6.27. The molecule has 3 aliphatic rings. The standard InChI is InChI=1S/C19H24O3/c1-10-8-6-7-9-13(10)14-11(2)15-17-18(16(20-15)12(14)3)22-19(4,5)21-17/h6-9,11,15-18H,1-5H3/t11-,15+,16-,17+,18-/m1/s1. The number of benzene rings is 1. The molecule has 0 spiro atoms. The fraction of sp³-hybridized carbons (Fsp3) is 0.579. The normalized spacial score (nSPS) is 39.2. The van der Waals surface area contributed by atoms with Crippen LogP contribution in [0.1, 0.15) is 38.8 Å². The van der Waals surface area contributed by atoms with Gasteiger partial charge in [0.2, 0.25) is 0 Å². The SMILES string of the molecule is CC1=C(c2ccccc2C)[C@@H](C)[C@@H]2O[C@H]1[C@H]1OC(C)(C)O[C@@H]21. The first-order valence-corrected chi connectivity index (χ1v) is 8.17. The lowest BCUT2D eigenvalue weighted by atomic mass is 9.83. The zero-order chi connectivity index (χ0) is 15.6. The number of rotatable bonds is 1. The molecule has 0 N–H and O–H groups in total. The fourth-order valence-corrected chi connectivity index (χ4v) is 4.39.